The number of rotatable bonds is 2. The van der Waals surface area contributed by atoms with E-state index in [0.29, 0.717) is 17.0 Å². The fraction of sp³-hybridized carbons (Fsp3) is 0.182. The maximum atomic E-state index is 10.8. The van der Waals surface area contributed by atoms with Gasteiger partial charge >= 0.3 is 0 Å². The fourth-order valence-electron chi connectivity index (χ4n) is 1.28. The van der Waals surface area contributed by atoms with Crippen molar-refractivity contribution in [1.29, 1.82) is 0 Å². The Balaban J connectivity index is 2.58. The lowest BCUT2D eigenvalue weighted by molar-refractivity contribution is 0.112. The number of carbonyl (C=O) groups is 1. The van der Waals surface area contributed by atoms with E-state index in [-0.39, 0.29) is 0 Å². The number of nitrogens with zero attached hydrogens (tertiary/aromatic N) is 2. The quantitative estimate of drug-likeness (QED) is 0.700. The van der Waals surface area contributed by atoms with Crippen molar-refractivity contribution in [3.8, 4) is 11.5 Å². The number of hydrogen-bond donors (Lipinski definition) is 0. The van der Waals surface area contributed by atoms with Crippen LogP contribution in [0.15, 0.2) is 22.9 Å². The highest BCUT2D eigenvalue weighted by Gasteiger charge is 2.11. The van der Waals surface area contributed by atoms with Crippen LogP contribution in [0.25, 0.3) is 11.5 Å². The molecule has 4 nitrogen and oxygen atoms in total. The van der Waals surface area contributed by atoms with Crippen LogP contribution in [0.3, 0.4) is 0 Å². The van der Waals surface area contributed by atoms with Crippen molar-refractivity contribution in [3.05, 3.63) is 35.5 Å². The summed E-state index contributed by atoms with van der Waals surface area (Å²) in [5.74, 6) is 1.23. The van der Waals surface area contributed by atoms with Crippen LogP contribution in [0.5, 0.6) is 0 Å². The molecule has 0 saturated carbocycles. The van der Waals surface area contributed by atoms with E-state index in [1.165, 1.54) is 6.20 Å². The maximum absolute atomic E-state index is 10.8. The molecule has 0 aliphatic rings. The van der Waals surface area contributed by atoms with Gasteiger partial charge in [0.1, 0.15) is 5.76 Å². The molecule has 0 bridgehead atoms. The molecule has 2 aromatic heterocycles. The van der Waals surface area contributed by atoms with Crippen LogP contribution in [0.1, 0.15) is 21.8 Å². The van der Waals surface area contributed by atoms with Crippen LogP contribution in [0, 0.1) is 13.8 Å². The van der Waals surface area contributed by atoms with Gasteiger partial charge in [-0.2, -0.15) is 0 Å². The Labute approximate surface area is 87.0 Å². The van der Waals surface area contributed by atoms with Gasteiger partial charge in [0.05, 0.1) is 11.3 Å². The molecule has 0 radical (unpaired) electrons. The Morgan fingerprint density at radius 1 is 1.40 bits per heavy atom. The van der Waals surface area contributed by atoms with E-state index in [1.54, 1.807) is 12.3 Å². The summed E-state index contributed by atoms with van der Waals surface area (Å²) in [6.45, 7) is 3.71. The fourth-order valence-corrected chi connectivity index (χ4v) is 1.28. The molecule has 0 aliphatic heterocycles. The average Bonchev–Trinajstić information content (AvgIpc) is 2.59. The number of carbonyl (C=O) groups excluding carboxylic acids is 1. The monoisotopic (exact) mass is 202 g/mol. The summed E-state index contributed by atoms with van der Waals surface area (Å²) in [5.41, 5.74) is 1.99. The number of aryl methyl sites for hydroxylation is 2. The zero-order valence-corrected chi connectivity index (χ0v) is 8.52. The van der Waals surface area contributed by atoms with Gasteiger partial charge in [0.25, 0.3) is 0 Å². The van der Waals surface area contributed by atoms with E-state index in [9.17, 15) is 4.79 Å². The van der Waals surface area contributed by atoms with Gasteiger partial charge < -0.3 is 4.42 Å². The van der Waals surface area contributed by atoms with Crippen molar-refractivity contribution in [3.63, 3.8) is 0 Å². The highest BCUT2D eigenvalue weighted by molar-refractivity contribution is 5.84. The Morgan fingerprint density at radius 2 is 2.20 bits per heavy atom. The molecule has 0 atom stereocenters. The van der Waals surface area contributed by atoms with Crippen LogP contribution < -0.4 is 0 Å². The second-order valence-electron chi connectivity index (χ2n) is 3.24. The van der Waals surface area contributed by atoms with E-state index >= 15 is 0 Å². The lowest BCUT2D eigenvalue weighted by Gasteiger charge is -1.97. The van der Waals surface area contributed by atoms with Gasteiger partial charge in [-0.05, 0) is 19.9 Å². The molecular formula is C11H10N2O2. The zero-order chi connectivity index (χ0) is 10.8. The molecule has 2 aromatic rings. The highest BCUT2D eigenvalue weighted by atomic mass is 16.4. The standard InChI is InChI=1S/C11H10N2O2/c1-7-8(2)15-11(13-7)10-3-4-12-5-9(10)6-14/h3-6H,1-2H3. The molecular weight excluding hydrogens is 192 g/mol. The van der Waals surface area contributed by atoms with Gasteiger partial charge in [0.2, 0.25) is 5.89 Å². The second kappa shape index (κ2) is 3.65. The van der Waals surface area contributed by atoms with Gasteiger partial charge in [-0.1, -0.05) is 0 Å². The normalized spacial score (nSPS) is 10.3. The van der Waals surface area contributed by atoms with Crippen LogP contribution in [0.2, 0.25) is 0 Å². The summed E-state index contributed by atoms with van der Waals surface area (Å²) in [5, 5.41) is 0. The summed E-state index contributed by atoms with van der Waals surface area (Å²) in [7, 11) is 0. The molecule has 2 heterocycles. The third-order valence-corrected chi connectivity index (χ3v) is 2.24. The molecule has 15 heavy (non-hydrogen) atoms. The molecule has 76 valence electrons. The van der Waals surface area contributed by atoms with Gasteiger partial charge in [-0.15, -0.1) is 0 Å². The van der Waals surface area contributed by atoms with Crippen molar-refractivity contribution in [1.82, 2.24) is 9.97 Å². The van der Waals surface area contributed by atoms with Crippen LogP contribution >= 0.6 is 0 Å². The SMILES string of the molecule is Cc1nc(-c2ccncc2C=O)oc1C. The Hall–Kier alpha value is -1.97. The first-order chi connectivity index (χ1) is 7.22. The maximum Gasteiger partial charge on any atom is 0.227 e. The number of aromatic nitrogens is 2. The van der Waals surface area contributed by atoms with Crippen molar-refractivity contribution < 1.29 is 9.21 Å². The highest BCUT2D eigenvalue weighted by Crippen LogP contribution is 2.23. The second-order valence-corrected chi connectivity index (χ2v) is 3.24. The summed E-state index contributed by atoms with van der Waals surface area (Å²) in [4.78, 5) is 18.9. The summed E-state index contributed by atoms with van der Waals surface area (Å²) < 4.78 is 5.45. The molecule has 0 amide bonds. The molecule has 4 heteroatoms. The molecule has 0 saturated heterocycles. The van der Waals surface area contributed by atoms with E-state index in [2.05, 4.69) is 9.97 Å². The average molecular weight is 202 g/mol. The van der Waals surface area contributed by atoms with E-state index in [1.807, 2.05) is 13.8 Å². The summed E-state index contributed by atoms with van der Waals surface area (Å²) in [6, 6.07) is 1.72. The summed E-state index contributed by atoms with van der Waals surface area (Å²) >= 11 is 0. The smallest absolute Gasteiger partial charge is 0.227 e. The molecule has 0 unspecified atom stereocenters. The minimum absolute atomic E-state index is 0.467. The molecule has 0 aromatic carbocycles. The first kappa shape index (κ1) is 9.58. The Morgan fingerprint density at radius 3 is 2.80 bits per heavy atom. The molecule has 0 fully saturated rings. The first-order valence-electron chi connectivity index (χ1n) is 4.56. The molecule has 0 spiro atoms. The predicted molar refractivity (Wildman–Crippen MR) is 54.6 cm³/mol. The molecule has 0 N–H and O–H groups in total. The van der Waals surface area contributed by atoms with Gasteiger partial charge in [-0.25, -0.2) is 4.98 Å². The third-order valence-electron chi connectivity index (χ3n) is 2.24. The Kier molecular flexibility index (Phi) is 2.33. The van der Waals surface area contributed by atoms with Crippen LogP contribution in [0.4, 0.5) is 0 Å². The van der Waals surface area contributed by atoms with Crippen molar-refractivity contribution in [2.45, 2.75) is 13.8 Å². The minimum atomic E-state index is 0.467. The van der Waals surface area contributed by atoms with Crippen LogP contribution in [-0.4, -0.2) is 16.3 Å². The number of oxazole rings is 1. The van der Waals surface area contributed by atoms with Gasteiger partial charge in [0, 0.05) is 18.0 Å². The predicted octanol–water partition coefficient (Wildman–Crippen LogP) is 2.17. The number of aldehydes is 1. The third kappa shape index (κ3) is 1.66. The van der Waals surface area contributed by atoms with Crippen molar-refractivity contribution in [2.75, 3.05) is 0 Å². The van der Waals surface area contributed by atoms with Crippen molar-refractivity contribution >= 4 is 6.29 Å². The summed E-state index contributed by atoms with van der Waals surface area (Å²) in [6.07, 6.45) is 3.85. The first-order valence-corrected chi connectivity index (χ1v) is 4.56. The largest absolute Gasteiger partial charge is 0.441 e. The number of pyridine rings is 1. The lowest BCUT2D eigenvalue weighted by Crippen LogP contribution is -1.88. The topological polar surface area (TPSA) is 56.0 Å². The van der Waals surface area contributed by atoms with Gasteiger partial charge in [-0.3, -0.25) is 9.78 Å². The Bertz CT molecular complexity index is 484. The molecule has 0 aliphatic carbocycles. The van der Waals surface area contributed by atoms with E-state index in [4.69, 9.17) is 4.42 Å². The van der Waals surface area contributed by atoms with E-state index < -0.39 is 0 Å². The van der Waals surface area contributed by atoms with Gasteiger partial charge in [0.15, 0.2) is 6.29 Å². The molecule has 2 rings (SSSR count). The van der Waals surface area contributed by atoms with Crippen LogP contribution in [-0.2, 0) is 0 Å². The minimum Gasteiger partial charge on any atom is -0.441 e. The van der Waals surface area contributed by atoms with E-state index in [0.717, 1.165) is 17.7 Å². The number of hydrogen-bond acceptors (Lipinski definition) is 4. The van der Waals surface area contributed by atoms with Crippen molar-refractivity contribution in [2.24, 2.45) is 0 Å². The zero-order valence-electron chi connectivity index (χ0n) is 8.52. The lowest BCUT2D eigenvalue weighted by atomic mass is 10.1.